The van der Waals surface area contributed by atoms with Crippen molar-refractivity contribution >= 4 is 0 Å². The van der Waals surface area contributed by atoms with E-state index >= 15 is 0 Å². The van der Waals surface area contributed by atoms with E-state index in [4.69, 9.17) is 5.11 Å². The molecule has 0 aliphatic carbocycles. The van der Waals surface area contributed by atoms with Crippen LogP contribution in [0, 0.1) is 0 Å². The third kappa shape index (κ3) is 14200. The van der Waals surface area contributed by atoms with Gasteiger partial charge in [0.2, 0.25) is 0 Å². The molecule has 0 saturated heterocycles. The van der Waals surface area contributed by atoms with E-state index in [0.29, 0.717) is 0 Å². The monoisotopic (exact) mass is 105 g/mol. The maximum absolute atomic E-state index is 8.52. The minimum atomic E-state index is -0.500. The first kappa shape index (κ1) is 10.0. The van der Waals surface area contributed by atoms with Gasteiger partial charge in [-0.05, 0) is 27.8 Å². The Balaban J connectivity index is 0. The molecular weight excluding hydrogens is 90.1 g/mol. The molecule has 0 aliphatic rings. The molecule has 7 heavy (non-hydrogen) atoms. The summed E-state index contributed by atoms with van der Waals surface area (Å²) in [6.07, 6.45) is 0. The highest BCUT2D eigenvalue weighted by molar-refractivity contribution is 4.50. The Kier molecular flexibility index (Phi) is 5.85. The number of hydrogen-bond donors (Lipinski definition) is 2. The molecule has 2 nitrogen and oxygen atoms in total. The van der Waals surface area contributed by atoms with E-state index in [0.717, 1.165) is 0 Å². The number of rotatable bonds is 0. The molecule has 0 aromatic rings. The molecule has 0 amide bonds. The molecule has 0 atom stereocenters. The topological polar surface area (TPSA) is 46.2 Å². The average molecular weight is 105 g/mol. The molecule has 0 bridgehead atoms. The van der Waals surface area contributed by atoms with Crippen molar-refractivity contribution in [2.24, 2.45) is 5.73 Å². The standard InChI is InChI=1S/C4H10O.CH5N/c1-4(2,3)5;1-2/h5H,1-3H3;2H2,1H3. The summed E-state index contributed by atoms with van der Waals surface area (Å²) in [7, 11) is 1.50. The van der Waals surface area contributed by atoms with Crippen LogP contribution in [-0.2, 0) is 0 Å². The van der Waals surface area contributed by atoms with E-state index in [1.165, 1.54) is 7.05 Å². The van der Waals surface area contributed by atoms with Crippen molar-refractivity contribution < 1.29 is 5.11 Å². The molecule has 0 unspecified atom stereocenters. The second-order valence-electron chi connectivity index (χ2n) is 2.17. The summed E-state index contributed by atoms with van der Waals surface area (Å²) in [6.45, 7) is 5.23. The van der Waals surface area contributed by atoms with Crippen LogP contribution in [0.5, 0.6) is 0 Å². The van der Waals surface area contributed by atoms with E-state index < -0.39 is 5.60 Å². The van der Waals surface area contributed by atoms with Gasteiger partial charge in [0.15, 0.2) is 0 Å². The highest BCUT2D eigenvalue weighted by atomic mass is 16.3. The lowest BCUT2D eigenvalue weighted by molar-refractivity contribution is 0.102. The van der Waals surface area contributed by atoms with Gasteiger partial charge in [0.25, 0.3) is 0 Å². The van der Waals surface area contributed by atoms with Crippen molar-refractivity contribution in [1.29, 1.82) is 0 Å². The quantitative estimate of drug-likeness (QED) is 0.467. The van der Waals surface area contributed by atoms with Gasteiger partial charge in [-0.25, -0.2) is 0 Å². The van der Waals surface area contributed by atoms with E-state index in [2.05, 4.69) is 5.73 Å². The third-order valence-electron chi connectivity index (χ3n) is 0. The Labute approximate surface area is 45.3 Å². The molecule has 0 aliphatic heterocycles. The zero-order valence-electron chi connectivity index (χ0n) is 5.52. The van der Waals surface area contributed by atoms with Crippen LogP contribution in [0.4, 0.5) is 0 Å². The lowest BCUT2D eigenvalue weighted by Crippen LogP contribution is -2.10. The molecule has 0 heterocycles. The first-order valence-corrected chi connectivity index (χ1v) is 2.30. The van der Waals surface area contributed by atoms with Crippen LogP contribution in [0.3, 0.4) is 0 Å². The smallest absolute Gasteiger partial charge is 0.0563 e. The summed E-state index contributed by atoms with van der Waals surface area (Å²) in [4.78, 5) is 0. The van der Waals surface area contributed by atoms with Crippen LogP contribution in [-0.4, -0.2) is 17.8 Å². The van der Waals surface area contributed by atoms with Gasteiger partial charge in [0.05, 0.1) is 5.60 Å². The average Bonchev–Trinajstić information content (AvgIpc) is 1.36. The SMILES string of the molecule is CC(C)(C)O.CN. The van der Waals surface area contributed by atoms with Gasteiger partial charge in [-0.15, -0.1) is 0 Å². The molecule has 0 rings (SSSR count). The molecule has 0 spiro atoms. The van der Waals surface area contributed by atoms with E-state index in [9.17, 15) is 0 Å². The minimum Gasteiger partial charge on any atom is -0.391 e. The molecule has 2 heteroatoms. The van der Waals surface area contributed by atoms with E-state index in [1.54, 1.807) is 20.8 Å². The van der Waals surface area contributed by atoms with Gasteiger partial charge in [-0.1, -0.05) is 0 Å². The number of aliphatic hydroxyl groups is 1. The molecule has 0 saturated carbocycles. The van der Waals surface area contributed by atoms with Crippen molar-refractivity contribution in [3.63, 3.8) is 0 Å². The third-order valence-corrected chi connectivity index (χ3v) is 0. The summed E-state index contributed by atoms with van der Waals surface area (Å²) < 4.78 is 0. The van der Waals surface area contributed by atoms with Gasteiger partial charge in [0, 0.05) is 0 Å². The first-order chi connectivity index (χ1) is 3.00. The van der Waals surface area contributed by atoms with Crippen molar-refractivity contribution in [1.82, 2.24) is 0 Å². The number of hydrogen-bond acceptors (Lipinski definition) is 2. The minimum absolute atomic E-state index is 0.500. The lowest BCUT2D eigenvalue weighted by Gasteiger charge is -2.04. The maximum atomic E-state index is 8.52. The first-order valence-electron chi connectivity index (χ1n) is 2.30. The van der Waals surface area contributed by atoms with Gasteiger partial charge in [0.1, 0.15) is 0 Å². The fourth-order valence-corrected chi connectivity index (χ4v) is 0. The second-order valence-corrected chi connectivity index (χ2v) is 2.17. The maximum Gasteiger partial charge on any atom is 0.0563 e. The highest BCUT2D eigenvalue weighted by Gasteiger charge is 1.97. The Bertz CT molecular complexity index is 23.6. The fraction of sp³-hybridized carbons (Fsp3) is 1.00. The Morgan fingerprint density at radius 1 is 1.14 bits per heavy atom. The van der Waals surface area contributed by atoms with Gasteiger partial charge in [-0.2, -0.15) is 0 Å². The van der Waals surface area contributed by atoms with E-state index in [1.807, 2.05) is 0 Å². The molecule has 0 aromatic heterocycles. The predicted octanol–water partition coefficient (Wildman–Crippen LogP) is 0.352. The predicted molar refractivity (Wildman–Crippen MR) is 32.1 cm³/mol. The Morgan fingerprint density at radius 2 is 1.14 bits per heavy atom. The van der Waals surface area contributed by atoms with Gasteiger partial charge >= 0.3 is 0 Å². The highest BCUT2D eigenvalue weighted by Crippen LogP contribution is 1.93. The molecule has 0 radical (unpaired) electrons. The van der Waals surface area contributed by atoms with Crippen molar-refractivity contribution in [3.8, 4) is 0 Å². The second kappa shape index (κ2) is 4.09. The summed E-state index contributed by atoms with van der Waals surface area (Å²) in [5.74, 6) is 0. The molecule has 3 N–H and O–H groups in total. The van der Waals surface area contributed by atoms with Crippen LogP contribution in [0.25, 0.3) is 0 Å². The fourth-order valence-electron chi connectivity index (χ4n) is 0. The zero-order chi connectivity index (χ0) is 6.50. The summed E-state index contributed by atoms with van der Waals surface area (Å²) >= 11 is 0. The molecule has 0 fully saturated rings. The molecule has 0 aromatic carbocycles. The normalized spacial score (nSPS) is 9.43. The molecular formula is C5H15NO. The number of nitrogens with two attached hydrogens (primary N) is 1. The lowest BCUT2D eigenvalue weighted by atomic mass is 10.2. The van der Waals surface area contributed by atoms with Crippen LogP contribution in [0.2, 0.25) is 0 Å². The summed E-state index contributed by atoms with van der Waals surface area (Å²) in [5.41, 5.74) is 4.00. The van der Waals surface area contributed by atoms with Crippen LogP contribution >= 0.6 is 0 Å². The van der Waals surface area contributed by atoms with Crippen molar-refractivity contribution in [2.75, 3.05) is 7.05 Å². The Morgan fingerprint density at radius 3 is 1.14 bits per heavy atom. The van der Waals surface area contributed by atoms with E-state index in [-0.39, 0.29) is 0 Å². The van der Waals surface area contributed by atoms with Crippen LogP contribution in [0.1, 0.15) is 20.8 Å². The summed E-state index contributed by atoms with van der Waals surface area (Å²) in [5, 5.41) is 8.52. The van der Waals surface area contributed by atoms with Gasteiger partial charge < -0.3 is 10.8 Å². The van der Waals surface area contributed by atoms with Crippen molar-refractivity contribution in [2.45, 2.75) is 26.4 Å². The van der Waals surface area contributed by atoms with Gasteiger partial charge in [-0.3, -0.25) is 0 Å². The largest absolute Gasteiger partial charge is 0.391 e. The molecule has 46 valence electrons. The summed E-state index contributed by atoms with van der Waals surface area (Å²) in [6, 6.07) is 0. The van der Waals surface area contributed by atoms with Crippen molar-refractivity contribution in [3.05, 3.63) is 0 Å². The van der Waals surface area contributed by atoms with Crippen LogP contribution < -0.4 is 5.73 Å². The Hall–Kier alpha value is -0.0800. The van der Waals surface area contributed by atoms with Crippen LogP contribution in [0.15, 0.2) is 0 Å². The zero-order valence-corrected chi connectivity index (χ0v) is 5.52.